The summed E-state index contributed by atoms with van der Waals surface area (Å²) in [6, 6.07) is 3.24. The van der Waals surface area contributed by atoms with Gasteiger partial charge >= 0.3 is 24.4 Å². The Balaban J connectivity index is 2.86. The van der Waals surface area contributed by atoms with E-state index < -0.39 is 36.6 Å². The maximum atomic E-state index is 12.4. The molecule has 0 radical (unpaired) electrons. The summed E-state index contributed by atoms with van der Waals surface area (Å²) in [6.45, 7) is 15.0. The fraction of sp³-hybridized carbons (Fsp3) is 0.655. The molecule has 0 aliphatic carbocycles. The van der Waals surface area contributed by atoms with Crippen LogP contribution in [0.4, 0.5) is 14.4 Å². The number of carbonyl (C=O) groups excluding carboxylic acids is 4. The fourth-order valence-corrected chi connectivity index (χ4v) is 2.81. The van der Waals surface area contributed by atoms with Crippen LogP contribution in [0.3, 0.4) is 0 Å². The summed E-state index contributed by atoms with van der Waals surface area (Å²) in [6.07, 6.45) is -1.99. The Morgan fingerprint density at radius 2 is 1.37 bits per heavy atom. The molecule has 0 saturated heterocycles. The zero-order valence-electron chi connectivity index (χ0n) is 25.4. The normalized spacial score (nSPS) is 12.9. The summed E-state index contributed by atoms with van der Waals surface area (Å²) in [5.41, 5.74) is 5.91. The third-order valence-electron chi connectivity index (χ3n) is 4.87. The molecule has 2 atom stereocenters. The molecule has 0 bridgehead atoms. The molecule has 1 rings (SSSR count). The summed E-state index contributed by atoms with van der Waals surface area (Å²) in [5, 5.41) is 0. The van der Waals surface area contributed by atoms with E-state index in [0.29, 0.717) is 12.0 Å². The molecule has 0 aliphatic heterocycles. The van der Waals surface area contributed by atoms with E-state index in [4.69, 9.17) is 38.9 Å². The second kappa shape index (κ2) is 16.7. The molecule has 12 heteroatoms. The van der Waals surface area contributed by atoms with Crippen molar-refractivity contribution in [3.63, 3.8) is 0 Å². The molecule has 0 unspecified atom stereocenters. The van der Waals surface area contributed by atoms with Crippen molar-refractivity contribution < 1.29 is 52.3 Å². The van der Waals surface area contributed by atoms with E-state index in [2.05, 4.69) is 0 Å². The van der Waals surface area contributed by atoms with E-state index >= 15 is 0 Å². The van der Waals surface area contributed by atoms with Gasteiger partial charge in [0.25, 0.3) is 0 Å². The highest BCUT2D eigenvalue weighted by Gasteiger charge is 2.23. The van der Waals surface area contributed by atoms with Gasteiger partial charge in [0.05, 0.1) is 19.8 Å². The minimum atomic E-state index is -1.09. The summed E-state index contributed by atoms with van der Waals surface area (Å²) in [4.78, 5) is 48.6. The lowest BCUT2D eigenvalue weighted by molar-refractivity contribution is -0.148. The second-order valence-electron chi connectivity index (χ2n) is 12.0. The smallest absolute Gasteiger partial charge is 0.461 e. The number of hydrogen-bond acceptors (Lipinski definition) is 12. The van der Waals surface area contributed by atoms with Gasteiger partial charge < -0.3 is 38.9 Å². The lowest BCUT2D eigenvalue weighted by Crippen LogP contribution is -2.36. The zero-order valence-corrected chi connectivity index (χ0v) is 25.4. The molecule has 1 aromatic carbocycles. The molecule has 0 heterocycles. The topological polar surface area (TPSA) is 159 Å². The Labute approximate surface area is 242 Å². The van der Waals surface area contributed by atoms with Crippen LogP contribution >= 0.6 is 0 Å². The monoisotopic (exact) mass is 583 g/mol. The van der Waals surface area contributed by atoms with Crippen LogP contribution in [0.1, 0.15) is 73.8 Å². The SMILES string of the molecule is CCCCOC(=O)O[C@@H](C)COC(=O)[C@@H](N)Cc1ccc(OC(=O)OCC(C)(C)C)c(OC(=O)OCC(C)(C)C)c1. The number of rotatable bonds is 13. The van der Waals surface area contributed by atoms with Gasteiger partial charge in [0.1, 0.15) is 18.8 Å². The van der Waals surface area contributed by atoms with Crippen molar-refractivity contribution in [2.24, 2.45) is 16.6 Å². The third-order valence-corrected chi connectivity index (χ3v) is 4.87. The molecule has 0 spiro atoms. The minimum Gasteiger partial charge on any atom is -0.461 e. The average molecular weight is 584 g/mol. The van der Waals surface area contributed by atoms with Crippen LogP contribution in [0.2, 0.25) is 0 Å². The minimum absolute atomic E-state index is 0.00468. The van der Waals surface area contributed by atoms with E-state index in [9.17, 15) is 19.2 Å². The first-order chi connectivity index (χ1) is 19.0. The summed E-state index contributed by atoms with van der Waals surface area (Å²) in [7, 11) is 0. The van der Waals surface area contributed by atoms with Gasteiger partial charge in [-0.15, -0.1) is 0 Å². The maximum absolute atomic E-state index is 12.4. The first kappa shape index (κ1) is 35.5. The Hall–Kier alpha value is -3.54. The van der Waals surface area contributed by atoms with Crippen LogP contribution in [0.25, 0.3) is 0 Å². The number of nitrogens with two attached hydrogens (primary N) is 1. The molecular formula is C29H45NO11. The fourth-order valence-electron chi connectivity index (χ4n) is 2.81. The van der Waals surface area contributed by atoms with Gasteiger partial charge in [-0.1, -0.05) is 61.0 Å². The van der Waals surface area contributed by atoms with Gasteiger partial charge in [-0.2, -0.15) is 0 Å². The van der Waals surface area contributed by atoms with Crippen molar-refractivity contribution in [2.45, 2.75) is 86.8 Å². The van der Waals surface area contributed by atoms with Crippen molar-refractivity contribution in [3.05, 3.63) is 23.8 Å². The standard InChI is InChI=1S/C29H45NO11/c1-9-10-13-35-25(32)39-19(2)16-36-24(31)21(30)14-20-11-12-22(40-26(33)37-17-28(3,4)5)23(15-20)41-27(34)38-18-29(6,7)8/h11-12,15,19,21H,9-10,13-14,16-18,30H2,1-8H3/t19-,21-/m0/s1. The molecular weight excluding hydrogens is 538 g/mol. The Kier molecular flexibility index (Phi) is 14.4. The van der Waals surface area contributed by atoms with E-state index in [1.807, 2.05) is 48.5 Å². The zero-order chi connectivity index (χ0) is 31.2. The first-order valence-electron chi connectivity index (χ1n) is 13.6. The van der Waals surface area contributed by atoms with Crippen LogP contribution in [0.5, 0.6) is 11.5 Å². The largest absolute Gasteiger partial charge is 0.513 e. The van der Waals surface area contributed by atoms with Gasteiger partial charge in [0.15, 0.2) is 11.5 Å². The van der Waals surface area contributed by atoms with Gasteiger partial charge in [-0.3, -0.25) is 4.79 Å². The molecule has 12 nitrogen and oxygen atoms in total. The molecule has 1 aromatic rings. The van der Waals surface area contributed by atoms with Crippen LogP contribution < -0.4 is 15.2 Å². The maximum Gasteiger partial charge on any atom is 0.513 e. The molecule has 0 saturated carbocycles. The average Bonchev–Trinajstić information content (AvgIpc) is 2.85. The van der Waals surface area contributed by atoms with Crippen molar-refractivity contribution in [1.29, 1.82) is 0 Å². The highest BCUT2D eigenvalue weighted by atomic mass is 16.7. The van der Waals surface area contributed by atoms with Gasteiger partial charge in [-0.05, 0) is 48.3 Å². The van der Waals surface area contributed by atoms with Crippen LogP contribution in [-0.2, 0) is 34.9 Å². The molecule has 0 fully saturated rings. The van der Waals surface area contributed by atoms with Crippen LogP contribution in [0, 0.1) is 10.8 Å². The number of hydrogen-bond donors (Lipinski definition) is 1. The number of benzene rings is 1. The number of esters is 1. The van der Waals surface area contributed by atoms with Crippen LogP contribution in [-0.4, -0.2) is 63.0 Å². The van der Waals surface area contributed by atoms with E-state index in [1.165, 1.54) is 12.1 Å². The first-order valence-corrected chi connectivity index (χ1v) is 13.6. The predicted octanol–water partition coefficient (Wildman–Crippen LogP) is 5.56. The predicted molar refractivity (Wildman–Crippen MR) is 149 cm³/mol. The Morgan fingerprint density at radius 3 is 1.90 bits per heavy atom. The van der Waals surface area contributed by atoms with E-state index in [-0.39, 0.29) is 55.2 Å². The molecule has 232 valence electrons. The molecule has 0 aliphatic rings. The van der Waals surface area contributed by atoms with Gasteiger partial charge in [0.2, 0.25) is 0 Å². The van der Waals surface area contributed by atoms with Crippen molar-refractivity contribution in [1.82, 2.24) is 0 Å². The van der Waals surface area contributed by atoms with Gasteiger partial charge in [-0.25, -0.2) is 14.4 Å². The lowest BCUT2D eigenvalue weighted by atomic mass is 9.99. The summed E-state index contributed by atoms with van der Waals surface area (Å²) < 4.78 is 36.0. The Morgan fingerprint density at radius 1 is 0.805 bits per heavy atom. The molecule has 2 N–H and O–H groups in total. The van der Waals surface area contributed by atoms with Gasteiger partial charge in [0, 0.05) is 0 Å². The van der Waals surface area contributed by atoms with E-state index in [1.54, 1.807) is 13.0 Å². The molecule has 0 amide bonds. The number of ether oxygens (including phenoxy) is 7. The van der Waals surface area contributed by atoms with Crippen molar-refractivity contribution in [3.8, 4) is 11.5 Å². The quantitative estimate of drug-likeness (QED) is 0.133. The Bertz CT molecular complexity index is 1010. The number of unbranched alkanes of at least 4 members (excludes halogenated alkanes) is 1. The molecule has 0 aromatic heterocycles. The molecule has 41 heavy (non-hydrogen) atoms. The lowest BCUT2D eigenvalue weighted by Gasteiger charge is -2.19. The second-order valence-corrected chi connectivity index (χ2v) is 12.0. The highest BCUT2D eigenvalue weighted by Crippen LogP contribution is 2.30. The summed E-state index contributed by atoms with van der Waals surface area (Å²) in [5.74, 6) is -0.954. The summed E-state index contributed by atoms with van der Waals surface area (Å²) >= 11 is 0. The highest BCUT2D eigenvalue weighted by molar-refractivity contribution is 5.76. The van der Waals surface area contributed by atoms with Crippen molar-refractivity contribution >= 4 is 24.4 Å². The van der Waals surface area contributed by atoms with Crippen molar-refractivity contribution in [2.75, 3.05) is 26.4 Å². The van der Waals surface area contributed by atoms with Crippen LogP contribution in [0.15, 0.2) is 18.2 Å². The number of carbonyl (C=O) groups is 4. The third kappa shape index (κ3) is 16.3. The van der Waals surface area contributed by atoms with E-state index in [0.717, 1.165) is 6.42 Å².